The van der Waals surface area contributed by atoms with Gasteiger partial charge in [-0.25, -0.2) is 9.59 Å². The van der Waals surface area contributed by atoms with E-state index in [4.69, 9.17) is 58.9 Å². The quantitative estimate of drug-likeness (QED) is 0.00915. The van der Waals surface area contributed by atoms with E-state index in [0.29, 0.717) is 29.8 Å². The molecule has 0 radical (unpaired) electrons. The third kappa shape index (κ3) is 28.7. The van der Waals surface area contributed by atoms with Crippen LogP contribution in [0.4, 0.5) is 0 Å². The SMILES string of the molecule is Brc1cccc2cc[nH]c12.C=O.CC(=O)O.CCOC(=O)C(Cc1c[nH]c2c(-c3ccc(Oc4ccccc4)cc3)cccc12)[N+](=O)[O-].CCOC(=O)C(N)Cc1c[nH]c2c(-c3ccc(Oc4ccccc4)cc3)cccc12.CCOC(=O)C[N+](=O)[O-].OB(O)c1ccc(Oc2ccccc2)cc1.c1ccc(Oc2ccc(-c3cccc4cc[nH]c34)cc2)cc1. The normalized spacial score (nSPS) is 10.7. The summed E-state index contributed by atoms with van der Waals surface area (Å²) >= 11 is 3.44. The number of halogens is 1. The summed E-state index contributed by atoms with van der Waals surface area (Å²) in [4.78, 5) is 83.8. The van der Waals surface area contributed by atoms with Crippen LogP contribution in [0.3, 0.4) is 0 Å². The van der Waals surface area contributed by atoms with Crippen molar-refractivity contribution in [3.8, 4) is 79.4 Å². The van der Waals surface area contributed by atoms with Gasteiger partial charge in [-0.1, -0.05) is 188 Å². The molecule has 4 heterocycles. The number of nitrogens with two attached hydrogens (primary N) is 1. The second kappa shape index (κ2) is 48.9. The van der Waals surface area contributed by atoms with Gasteiger partial charge >= 0.3 is 31.1 Å². The first-order valence-electron chi connectivity index (χ1n) is 39.3. The molecule has 16 rings (SSSR count). The van der Waals surface area contributed by atoms with Crippen molar-refractivity contribution in [2.75, 3.05) is 26.4 Å². The minimum Gasteiger partial charge on any atom is -0.481 e. The topological polar surface area (TPSA) is 386 Å². The number of esters is 3. The predicted molar refractivity (Wildman–Crippen MR) is 488 cm³/mol. The summed E-state index contributed by atoms with van der Waals surface area (Å²) in [5.41, 5.74) is 18.8. The average Bonchev–Trinajstić information content (AvgIpc) is 1.69. The molecule has 28 heteroatoms. The summed E-state index contributed by atoms with van der Waals surface area (Å²) in [6.45, 7) is 7.96. The van der Waals surface area contributed by atoms with Crippen molar-refractivity contribution < 1.29 is 82.1 Å². The van der Waals surface area contributed by atoms with Crippen molar-refractivity contribution in [2.24, 2.45) is 5.73 Å². The van der Waals surface area contributed by atoms with E-state index in [1.165, 1.54) is 32.9 Å². The second-order valence-electron chi connectivity index (χ2n) is 26.8. The number of rotatable bonds is 24. The molecule has 125 heavy (non-hydrogen) atoms. The number of para-hydroxylation sites is 8. The Hall–Kier alpha value is -15.2. The highest BCUT2D eigenvalue weighted by atomic mass is 79.9. The van der Waals surface area contributed by atoms with E-state index in [0.717, 1.165) is 101 Å². The number of aromatic nitrogens is 4. The van der Waals surface area contributed by atoms with Gasteiger partial charge in [0.25, 0.3) is 12.5 Å². The van der Waals surface area contributed by atoms with Gasteiger partial charge in [0.15, 0.2) is 0 Å². The molecule has 0 aliphatic heterocycles. The summed E-state index contributed by atoms with van der Waals surface area (Å²) in [5, 5.41) is 50.6. The van der Waals surface area contributed by atoms with Crippen molar-refractivity contribution in [3.63, 3.8) is 0 Å². The van der Waals surface area contributed by atoms with E-state index < -0.39 is 53.5 Å². The van der Waals surface area contributed by atoms with Gasteiger partial charge < -0.3 is 78.8 Å². The number of carboxylic acid groups (broad SMARTS) is 1. The van der Waals surface area contributed by atoms with E-state index in [9.17, 15) is 34.6 Å². The molecular formula is C97H91BBrN7O19. The summed E-state index contributed by atoms with van der Waals surface area (Å²) in [5.74, 6) is 3.35. The highest BCUT2D eigenvalue weighted by Gasteiger charge is 2.33. The fourth-order valence-electron chi connectivity index (χ4n) is 12.5. The Labute approximate surface area is 728 Å². The van der Waals surface area contributed by atoms with Gasteiger partial charge in [0.1, 0.15) is 58.8 Å². The van der Waals surface area contributed by atoms with Crippen molar-refractivity contribution in [1.29, 1.82) is 0 Å². The van der Waals surface area contributed by atoms with Gasteiger partial charge in [-0.2, -0.15) is 0 Å². The number of hydrogen-bond acceptors (Lipinski definition) is 19. The summed E-state index contributed by atoms with van der Waals surface area (Å²) in [7, 11) is -1.44. The van der Waals surface area contributed by atoms with Gasteiger partial charge in [0, 0.05) is 85.3 Å². The first-order valence-corrected chi connectivity index (χ1v) is 40.1. The van der Waals surface area contributed by atoms with E-state index in [1.54, 1.807) is 51.2 Å². The maximum atomic E-state index is 12.0. The van der Waals surface area contributed by atoms with Crippen LogP contribution in [0.2, 0.25) is 0 Å². The Kier molecular flexibility index (Phi) is 36.6. The monoisotopic (exact) mass is 1750 g/mol. The van der Waals surface area contributed by atoms with Gasteiger partial charge in [0.2, 0.25) is 0 Å². The number of carbonyl (C=O) groups excluding carboxylic acids is 4. The molecule has 4 aromatic heterocycles. The van der Waals surface area contributed by atoms with Crippen LogP contribution in [-0.2, 0) is 51.0 Å². The first-order chi connectivity index (χ1) is 60.6. The maximum Gasteiger partial charge on any atom is 0.488 e. The number of benzene rings is 12. The average molecular weight is 1750 g/mol. The minimum atomic E-state index is -1.44. The van der Waals surface area contributed by atoms with Crippen LogP contribution in [0.5, 0.6) is 46.0 Å². The zero-order valence-corrected chi connectivity index (χ0v) is 70.2. The van der Waals surface area contributed by atoms with E-state index >= 15 is 0 Å². The molecular weight excluding hydrogens is 1660 g/mol. The Morgan fingerprint density at radius 2 is 0.760 bits per heavy atom. The number of nitrogens with one attached hydrogen (secondary N) is 4. The molecule has 16 aromatic rings. The van der Waals surface area contributed by atoms with Crippen LogP contribution in [0.25, 0.3) is 77.0 Å². The van der Waals surface area contributed by atoms with Gasteiger partial charge in [-0.05, 0) is 191 Å². The van der Waals surface area contributed by atoms with Gasteiger partial charge in [0.05, 0.1) is 48.3 Å². The lowest BCUT2D eigenvalue weighted by atomic mass is 9.80. The van der Waals surface area contributed by atoms with Crippen molar-refractivity contribution >= 4 is 103 Å². The number of ether oxygens (including phenoxy) is 7. The molecule has 0 fully saturated rings. The van der Waals surface area contributed by atoms with Crippen LogP contribution in [0, 0.1) is 20.2 Å². The number of aromatic amines is 4. The first kappa shape index (κ1) is 93.6. The number of nitro groups is 2. The maximum absolute atomic E-state index is 12.0. The highest BCUT2D eigenvalue weighted by Crippen LogP contribution is 2.36. The molecule has 0 aliphatic carbocycles. The van der Waals surface area contributed by atoms with Crippen LogP contribution in [0.1, 0.15) is 38.8 Å². The highest BCUT2D eigenvalue weighted by molar-refractivity contribution is 9.10. The van der Waals surface area contributed by atoms with E-state index in [2.05, 4.69) is 95.2 Å². The molecule has 0 saturated heterocycles. The lowest BCUT2D eigenvalue weighted by Gasteiger charge is -2.10. The van der Waals surface area contributed by atoms with Crippen LogP contribution in [0.15, 0.2) is 333 Å². The molecule has 0 saturated carbocycles. The van der Waals surface area contributed by atoms with Crippen molar-refractivity contribution in [3.05, 3.63) is 364 Å². The van der Waals surface area contributed by atoms with Crippen molar-refractivity contribution in [2.45, 2.75) is 52.6 Å². The fourth-order valence-corrected chi connectivity index (χ4v) is 13.0. The predicted octanol–water partition coefficient (Wildman–Crippen LogP) is 19.9. The summed E-state index contributed by atoms with van der Waals surface area (Å²) in [6, 6.07) is 95.4. The zero-order valence-electron chi connectivity index (χ0n) is 68.6. The summed E-state index contributed by atoms with van der Waals surface area (Å²) in [6.07, 6.45) is 7.93. The Morgan fingerprint density at radius 1 is 0.424 bits per heavy atom. The van der Waals surface area contributed by atoms with Gasteiger partial charge in [-0.15, -0.1) is 0 Å². The molecule has 12 aromatic carbocycles. The largest absolute Gasteiger partial charge is 0.488 e. The Morgan fingerprint density at radius 3 is 1.13 bits per heavy atom. The standard InChI is InChI=1S/C25H22N2O5.C25H24N2O3.C20H15NO.C12H11BO3.C8H6BrN.C4H7NO4.C2H4O2.CH2O/c1-2-31-25(28)23(27(29)30)15-18-16-26-24-21(9-6-10-22(18)24)17-11-13-20(14-12-17)32-19-7-4-3-5-8-19;1-2-29-25(28)23(26)15-18-16-27-24-21(9-6-10-22(18)24)17-11-13-20(14-12-17)30-19-7-4-3-5-8-19;1-2-6-17(7-3-1)22-18-11-9-15(10-12-18)19-8-4-5-16-13-14-21-20(16)19;14-13(15)10-6-8-12(9-7-10)16-11-4-2-1-3-5-11;9-7-3-1-2-6-4-5-10-8(6)7;1-2-9-4(6)3-5(7)8;1-2(3)4;1-2/h3-14,16,23,26H,2,15H2,1H3;3-14,16,23,27H,2,15,26H2,1H3;1-14,21H;1-9,14-15H;1-5,10H;2-3H2,1H3;1H3,(H,3,4);1H2. The Balaban J connectivity index is 0.000000176. The number of hydrogen-bond donors (Lipinski definition) is 8. The molecule has 0 aliphatic rings. The lowest BCUT2D eigenvalue weighted by molar-refractivity contribution is -0.510. The molecule has 9 N–H and O–H groups in total. The molecule has 0 spiro atoms. The molecule has 0 amide bonds. The fraction of sp³-hybridized carbons (Fsp3) is 0.124. The van der Waals surface area contributed by atoms with Crippen molar-refractivity contribution in [1.82, 2.24) is 19.9 Å². The number of aliphatic carboxylic acids is 1. The smallest absolute Gasteiger partial charge is 0.481 e. The van der Waals surface area contributed by atoms with E-state index in [-0.39, 0.29) is 25.6 Å². The van der Waals surface area contributed by atoms with Gasteiger partial charge in [-0.3, -0.25) is 29.8 Å². The molecule has 0 bridgehead atoms. The van der Waals surface area contributed by atoms with Crippen LogP contribution in [-0.4, -0.2) is 121 Å². The molecule has 638 valence electrons. The second-order valence-corrected chi connectivity index (χ2v) is 27.7. The zero-order chi connectivity index (χ0) is 89.4. The number of carboxylic acids is 1. The third-order valence-electron chi connectivity index (χ3n) is 18.1. The third-order valence-corrected chi connectivity index (χ3v) is 18.8. The summed E-state index contributed by atoms with van der Waals surface area (Å²) < 4.78 is 38.4. The number of carbonyl (C=O) groups is 5. The Bertz CT molecular complexity index is 6060. The molecule has 2 atom stereocenters. The number of H-pyrrole nitrogens is 4. The number of fused-ring (bicyclic) bond motifs is 4. The molecule has 2 unspecified atom stereocenters. The minimum absolute atomic E-state index is 0.0425. The molecule has 26 nitrogen and oxygen atoms in total. The lowest BCUT2D eigenvalue weighted by Crippen LogP contribution is -2.34. The number of nitrogens with zero attached hydrogens (tertiary/aromatic N) is 2. The van der Waals surface area contributed by atoms with Crippen LogP contribution < -0.4 is 30.1 Å². The van der Waals surface area contributed by atoms with E-state index in [1.807, 2.05) is 250 Å². The van der Waals surface area contributed by atoms with Crippen LogP contribution >= 0.6 is 15.9 Å².